The Bertz CT molecular complexity index is 1010. The fourth-order valence-electron chi connectivity index (χ4n) is 4.20. The van der Waals surface area contributed by atoms with Crippen molar-refractivity contribution in [1.29, 1.82) is 0 Å². The molecule has 0 atom stereocenters. The van der Waals surface area contributed by atoms with Gasteiger partial charge in [-0.1, -0.05) is 18.2 Å². The van der Waals surface area contributed by atoms with Gasteiger partial charge in [0.15, 0.2) is 17.4 Å². The van der Waals surface area contributed by atoms with Gasteiger partial charge in [0.05, 0.1) is 12.6 Å². The lowest BCUT2D eigenvalue weighted by Gasteiger charge is -2.42. The monoisotopic (exact) mass is 465 g/mol. The van der Waals surface area contributed by atoms with Gasteiger partial charge in [-0.05, 0) is 49.3 Å². The first-order chi connectivity index (χ1) is 14.8. The zero-order valence-corrected chi connectivity index (χ0v) is 18.8. The molecule has 8 heteroatoms. The van der Waals surface area contributed by atoms with E-state index in [1.165, 1.54) is 12.1 Å². The molecule has 32 heavy (non-hydrogen) atoms. The summed E-state index contributed by atoms with van der Waals surface area (Å²) in [5, 5.41) is 9.05. The number of ether oxygens (including phenoxy) is 2. The second-order valence-corrected chi connectivity index (χ2v) is 8.33. The van der Waals surface area contributed by atoms with Crippen LogP contribution in [-0.2, 0) is 4.79 Å². The third kappa shape index (κ3) is 4.89. The number of halogens is 3. The minimum Gasteiger partial charge on any atom is -0.485 e. The van der Waals surface area contributed by atoms with Gasteiger partial charge in [-0.2, -0.15) is 0 Å². The minimum absolute atomic E-state index is 0. The molecular weight excluding hydrogens is 440 g/mol. The van der Waals surface area contributed by atoms with Crippen molar-refractivity contribution >= 4 is 23.9 Å². The van der Waals surface area contributed by atoms with Gasteiger partial charge in [0, 0.05) is 31.5 Å². The molecule has 2 aliphatic rings. The van der Waals surface area contributed by atoms with Gasteiger partial charge in [-0.15, -0.1) is 12.4 Å². The number of rotatable bonds is 5. The molecule has 1 fully saturated rings. The van der Waals surface area contributed by atoms with Crippen LogP contribution in [0.1, 0.15) is 37.8 Å². The molecule has 1 saturated heterocycles. The predicted molar refractivity (Wildman–Crippen MR) is 120 cm³/mol. The van der Waals surface area contributed by atoms with Crippen molar-refractivity contribution in [2.24, 2.45) is 0 Å². The van der Waals surface area contributed by atoms with Crippen molar-refractivity contribution < 1.29 is 28.2 Å². The van der Waals surface area contributed by atoms with Crippen LogP contribution >= 0.6 is 12.4 Å². The van der Waals surface area contributed by atoms with E-state index in [9.17, 15) is 13.6 Å². The molecule has 172 valence electrons. The molecule has 4 rings (SSSR count). The largest absolute Gasteiger partial charge is 0.485 e. The van der Waals surface area contributed by atoms with Gasteiger partial charge in [0.2, 0.25) is 0 Å². The SMILES string of the molecule is CC(C)Oc1c(F)cc(C2=CC3(CCN(CC(=O)O)CC3)Oc3ccccc32)cc1F.Cl. The molecule has 1 spiro atoms. The number of para-hydroxylation sites is 1. The van der Waals surface area contributed by atoms with Crippen molar-refractivity contribution in [3.63, 3.8) is 0 Å². The van der Waals surface area contributed by atoms with E-state index in [1.54, 1.807) is 13.8 Å². The molecule has 2 aromatic carbocycles. The fraction of sp³-hybridized carbons (Fsp3) is 0.375. The van der Waals surface area contributed by atoms with E-state index < -0.39 is 23.2 Å². The highest BCUT2D eigenvalue weighted by Gasteiger charge is 2.39. The fourth-order valence-corrected chi connectivity index (χ4v) is 4.20. The molecule has 0 bridgehead atoms. The minimum atomic E-state index is -0.864. The van der Waals surface area contributed by atoms with Crippen LogP contribution in [0.15, 0.2) is 42.5 Å². The molecule has 2 aromatic rings. The van der Waals surface area contributed by atoms with Gasteiger partial charge in [-0.3, -0.25) is 9.69 Å². The van der Waals surface area contributed by atoms with Gasteiger partial charge < -0.3 is 14.6 Å². The maximum absolute atomic E-state index is 14.7. The van der Waals surface area contributed by atoms with Gasteiger partial charge in [0.1, 0.15) is 11.4 Å². The number of hydrogen-bond donors (Lipinski definition) is 1. The van der Waals surface area contributed by atoms with Crippen LogP contribution in [0.25, 0.3) is 5.57 Å². The first-order valence-corrected chi connectivity index (χ1v) is 10.4. The van der Waals surface area contributed by atoms with Gasteiger partial charge in [0.25, 0.3) is 0 Å². The number of carboxylic acids is 1. The standard InChI is InChI=1S/C24H25F2NO4.ClH/c1-15(2)30-23-19(25)11-16(12-20(23)26)18-13-24(31-21-6-4-3-5-17(18)21)7-9-27(10-8-24)14-22(28)29;/h3-6,11-13,15H,7-10,14H2,1-2H3,(H,28,29);1H. The number of fused-ring (bicyclic) bond motifs is 1. The molecule has 2 aliphatic heterocycles. The Labute approximate surface area is 192 Å². The molecule has 0 saturated carbocycles. The second kappa shape index (κ2) is 9.46. The first kappa shape index (κ1) is 24.0. The Hall–Kier alpha value is -2.64. The van der Waals surface area contributed by atoms with E-state index in [-0.39, 0.29) is 30.8 Å². The number of carbonyl (C=O) groups is 1. The molecule has 1 N–H and O–H groups in total. The van der Waals surface area contributed by atoms with Crippen molar-refractivity contribution in [3.8, 4) is 11.5 Å². The van der Waals surface area contributed by atoms with Crippen LogP contribution in [-0.4, -0.2) is 47.3 Å². The molecule has 5 nitrogen and oxygen atoms in total. The van der Waals surface area contributed by atoms with E-state index in [4.69, 9.17) is 14.6 Å². The van der Waals surface area contributed by atoms with Gasteiger partial charge in [-0.25, -0.2) is 8.78 Å². The van der Waals surface area contributed by atoms with Crippen LogP contribution in [0.3, 0.4) is 0 Å². The molecule has 0 aromatic heterocycles. The molecule has 0 amide bonds. The van der Waals surface area contributed by atoms with Crippen LogP contribution < -0.4 is 9.47 Å². The highest BCUT2D eigenvalue weighted by atomic mass is 35.5. The van der Waals surface area contributed by atoms with E-state index in [0.717, 1.165) is 5.56 Å². The molecule has 0 radical (unpaired) electrons. The Morgan fingerprint density at radius 2 is 1.81 bits per heavy atom. The Morgan fingerprint density at radius 1 is 1.19 bits per heavy atom. The summed E-state index contributed by atoms with van der Waals surface area (Å²) in [5.74, 6) is -2.10. The summed E-state index contributed by atoms with van der Waals surface area (Å²) in [5.41, 5.74) is 1.22. The average Bonchev–Trinajstić information content (AvgIpc) is 2.71. The molecule has 0 aliphatic carbocycles. The Balaban J connectivity index is 0.00000289. The smallest absolute Gasteiger partial charge is 0.317 e. The lowest BCUT2D eigenvalue weighted by molar-refractivity contribution is -0.139. The average molecular weight is 466 g/mol. The Morgan fingerprint density at radius 3 is 2.41 bits per heavy atom. The van der Waals surface area contributed by atoms with E-state index in [0.29, 0.717) is 42.8 Å². The quantitative estimate of drug-likeness (QED) is 0.679. The summed E-state index contributed by atoms with van der Waals surface area (Å²) in [6.45, 7) is 4.52. The predicted octanol–water partition coefficient (Wildman–Crippen LogP) is 4.92. The number of aliphatic carboxylic acids is 1. The lowest BCUT2D eigenvalue weighted by Crippen LogP contribution is -2.49. The van der Waals surface area contributed by atoms with Crippen LogP contribution in [0, 0.1) is 11.6 Å². The van der Waals surface area contributed by atoms with Crippen LogP contribution in [0.4, 0.5) is 8.78 Å². The number of likely N-dealkylation sites (tertiary alicyclic amines) is 1. The zero-order valence-electron chi connectivity index (χ0n) is 17.9. The summed E-state index contributed by atoms with van der Waals surface area (Å²) >= 11 is 0. The number of piperidine rings is 1. The highest BCUT2D eigenvalue weighted by Crippen LogP contribution is 2.44. The summed E-state index contributed by atoms with van der Waals surface area (Å²) in [4.78, 5) is 12.9. The first-order valence-electron chi connectivity index (χ1n) is 10.4. The van der Waals surface area contributed by atoms with Crippen molar-refractivity contribution in [1.82, 2.24) is 4.90 Å². The third-order valence-corrected chi connectivity index (χ3v) is 5.62. The second-order valence-electron chi connectivity index (χ2n) is 8.33. The maximum atomic E-state index is 14.7. The van der Waals surface area contributed by atoms with E-state index in [1.807, 2.05) is 35.2 Å². The summed E-state index contributed by atoms with van der Waals surface area (Å²) < 4.78 is 41.1. The zero-order chi connectivity index (χ0) is 22.2. The van der Waals surface area contributed by atoms with Gasteiger partial charge >= 0.3 is 5.97 Å². The Kier molecular flexibility index (Phi) is 7.10. The highest BCUT2D eigenvalue weighted by molar-refractivity contribution is 5.85. The summed E-state index contributed by atoms with van der Waals surface area (Å²) in [6, 6.07) is 10.0. The van der Waals surface area contributed by atoms with Crippen molar-refractivity contribution in [2.45, 2.75) is 38.4 Å². The third-order valence-electron chi connectivity index (χ3n) is 5.62. The van der Waals surface area contributed by atoms with Crippen molar-refractivity contribution in [2.75, 3.05) is 19.6 Å². The number of benzene rings is 2. The van der Waals surface area contributed by atoms with Crippen molar-refractivity contribution in [3.05, 3.63) is 65.2 Å². The number of carboxylic acid groups (broad SMARTS) is 1. The van der Waals surface area contributed by atoms with E-state index in [2.05, 4.69) is 0 Å². The molecule has 2 heterocycles. The van der Waals surface area contributed by atoms with E-state index >= 15 is 0 Å². The van der Waals surface area contributed by atoms with Crippen LogP contribution in [0.5, 0.6) is 11.5 Å². The number of hydrogen-bond acceptors (Lipinski definition) is 4. The summed E-state index contributed by atoms with van der Waals surface area (Å²) in [6.07, 6.45) is 2.75. The molecular formula is C24H26ClF2NO4. The lowest BCUT2D eigenvalue weighted by atomic mass is 9.83. The normalized spacial score (nSPS) is 17.2. The topological polar surface area (TPSA) is 59.0 Å². The van der Waals surface area contributed by atoms with Crippen LogP contribution in [0.2, 0.25) is 0 Å². The molecule has 0 unspecified atom stereocenters. The number of nitrogens with zero attached hydrogens (tertiary/aromatic N) is 1. The maximum Gasteiger partial charge on any atom is 0.317 e. The summed E-state index contributed by atoms with van der Waals surface area (Å²) in [7, 11) is 0.